The molecular formula is C20H16BrF2N3O3. The van der Waals surface area contributed by atoms with Crippen molar-refractivity contribution in [3.05, 3.63) is 85.4 Å². The number of ether oxygens (including phenoxy) is 1. The van der Waals surface area contributed by atoms with Crippen molar-refractivity contribution in [2.24, 2.45) is 5.73 Å². The number of nitrogens with zero attached hydrogens (tertiary/aromatic N) is 2. The van der Waals surface area contributed by atoms with Crippen LogP contribution < -0.4 is 16.0 Å². The van der Waals surface area contributed by atoms with E-state index in [-0.39, 0.29) is 22.5 Å². The summed E-state index contributed by atoms with van der Waals surface area (Å²) in [7, 11) is 0. The average Bonchev–Trinajstić information content (AvgIpc) is 2.64. The molecule has 0 aliphatic heterocycles. The van der Waals surface area contributed by atoms with E-state index in [1.807, 2.05) is 0 Å². The molecule has 3 rings (SSSR count). The zero-order valence-corrected chi connectivity index (χ0v) is 17.1. The summed E-state index contributed by atoms with van der Waals surface area (Å²) >= 11 is 3.17. The van der Waals surface area contributed by atoms with Gasteiger partial charge in [0, 0.05) is 17.2 Å². The number of hydrogen-bond acceptors (Lipinski definition) is 4. The fourth-order valence-electron chi connectivity index (χ4n) is 2.83. The molecule has 0 bridgehead atoms. The van der Waals surface area contributed by atoms with Crippen molar-refractivity contribution in [1.29, 1.82) is 0 Å². The Hall–Kier alpha value is -3.07. The van der Waals surface area contributed by atoms with Crippen LogP contribution in [0.2, 0.25) is 0 Å². The number of rotatable bonds is 5. The third-order valence-electron chi connectivity index (χ3n) is 4.28. The first-order chi connectivity index (χ1) is 13.7. The van der Waals surface area contributed by atoms with E-state index in [4.69, 9.17) is 10.5 Å². The molecule has 1 amide bonds. The highest BCUT2D eigenvalue weighted by Crippen LogP contribution is 2.23. The normalized spacial score (nSPS) is 10.8. The molecule has 0 fully saturated rings. The highest BCUT2D eigenvalue weighted by Gasteiger charge is 2.17. The summed E-state index contributed by atoms with van der Waals surface area (Å²) in [6.45, 7) is 3.09. The van der Waals surface area contributed by atoms with Crippen molar-refractivity contribution in [2.45, 2.75) is 20.5 Å². The fraction of sp³-hybridized carbons (Fsp3) is 0.150. The van der Waals surface area contributed by atoms with Crippen LogP contribution in [0.5, 0.6) is 5.88 Å². The molecule has 0 aliphatic carbocycles. The largest absolute Gasteiger partial charge is 0.472 e. The van der Waals surface area contributed by atoms with Gasteiger partial charge in [0.15, 0.2) is 0 Å². The molecule has 1 heterocycles. The summed E-state index contributed by atoms with van der Waals surface area (Å²) in [5, 5.41) is 0. The summed E-state index contributed by atoms with van der Waals surface area (Å²) in [6.07, 6.45) is 0. The van der Waals surface area contributed by atoms with Crippen LogP contribution in [0, 0.1) is 25.5 Å². The quantitative estimate of drug-likeness (QED) is 0.626. The lowest BCUT2D eigenvalue weighted by Gasteiger charge is -2.14. The second-order valence-electron chi connectivity index (χ2n) is 6.31. The van der Waals surface area contributed by atoms with Crippen LogP contribution in [0.1, 0.15) is 27.3 Å². The monoisotopic (exact) mass is 463 g/mol. The highest BCUT2D eigenvalue weighted by atomic mass is 79.9. The number of carbonyl (C=O) groups excluding carboxylic acids is 1. The number of carbonyl (C=O) groups is 1. The van der Waals surface area contributed by atoms with Crippen molar-refractivity contribution >= 4 is 21.8 Å². The Balaban J connectivity index is 1.95. The molecule has 9 heteroatoms. The number of nitrogens with two attached hydrogens (primary N) is 1. The number of aryl methyl sites for hydroxylation is 2. The molecule has 1 aromatic heterocycles. The maximum Gasteiger partial charge on any atom is 0.276 e. The number of amides is 1. The van der Waals surface area contributed by atoms with Gasteiger partial charge in [-0.2, -0.15) is 4.98 Å². The molecule has 0 saturated carbocycles. The molecule has 6 nitrogen and oxygen atoms in total. The van der Waals surface area contributed by atoms with Crippen LogP contribution in [0.4, 0.5) is 8.78 Å². The van der Waals surface area contributed by atoms with Crippen molar-refractivity contribution in [3.63, 3.8) is 0 Å². The predicted molar refractivity (Wildman–Crippen MR) is 106 cm³/mol. The first kappa shape index (κ1) is 20.7. The Kier molecular flexibility index (Phi) is 5.78. The number of hydrogen-bond donors (Lipinski definition) is 1. The van der Waals surface area contributed by atoms with E-state index < -0.39 is 23.1 Å². The lowest BCUT2D eigenvalue weighted by molar-refractivity contribution is 0.0999. The van der Waals surface area contributed by atoms with Gasteiger partial charge in [0.1, 0.15) is 28.5 Å². The van der Waals surface area contributed by atoms with Crippen LogP contribution in [-0.4, -0.2) is 15.5 Å². The SMILES string of the molecule is Cc1cc(-n2c(C)nc(OCc3ccc(F)cc3F)c(Br)c2=O)ccc1C(N)=O. The van der Waals surface area contributed by atoms with Crippen LogP contribution in [-0.2, 0) is 6.61 Å². The lowest BCUT2D eigenvalue weighted by Crippen LogP contribution is -2.24. The Morgan fingerprint density at radius 2 is 1.93 bits per heavy atom. The standard InChI is InChI=1S/C20H16BrF2N3O3/c1-10-7-14(5-6-15(10)18(24)27)26-11(2)25-19(17(21)20(26)28)29-9-12-3-4-13(22)8-16(12)23/h3-8H,9H2,1-2H3,(H2,24,27). The van der Waals surface area contributed by atoms with Gasteiger partial charge in [-0.3, -0.25) is 14.2 Å². The maximum atomic E-state index is 13.8. The summed E-state index contributed by atoms with van der Waals surface area (Å²) in [5.41, 5.74) is 6.46. The van der Waals surface area contributed by atoms with Gasteiger partial charge < -0.3 is 10.5 Å². The minimum absolute atomic E-state index is 0.0158. The van der Waals surface area contributed by atoms with Gasteiger partial charge in [0.05, 0.1) is 5.69 Å². The fourth-order valence-corrected chi connectivity index (χ4v) is 3.21. The van der Waals surface area contributed by atoms with E-state index in [1.165, 1.54) is 16.7 Å². The van der Waals surface area contributed by atoms with Crippen LogP contribution in [0.15, 0.2) is 45.7 Å². The maximum absolute atomic E-state index is 13.8. The van der Waals surface area contributed by atoms with Crippen LogP contribution in [0.25, 0.3) is 5.69 Å². The van der Waals surface area contributed by atoms with Crippen molar-refractivity contribution in [2.75, 3.05) is 0 Å². The van der Waals surface area contributed by atoms with Gasteiger partial charge in [-0.05, 0) is 65.7 Å². The lowest BCUT2D eigenvalue weighted by atomic mass is 10.1. The first-order valence-corrected chi connectivity index (χ1v) is 9.25. The summed E-state index contributed by atoms with van der Waals surface area (Å²) < 4.78 is 33.6. The van der Waals surface area contributed by atoms with Gasteiger partial charge in [0.2, 0.25) is 11.8 Å². The molecular weight excluding hydrogens is 448 g/mol. The van der Waals surface area contributed by atoms with Crippen LogP contribution in [0.3, 0.4) is 0 Å². The molecule has 29 heavy (non-hydrogen) atoms. The second-order valence-corrected chi connectivity index (χ2v) is 7.10. The summed E-state index contributed by atoms with van der Waals surface area (Å²) in [6, 6.07) is 7.90. The van der Waals surface area contributed by atoms with Crippen molar-refractivity contribution in [3.8, 4) is 11.6 Å². The average molecular weight is 464 g/mol. The van der Waals surface area contributed by atoms with Crippen molar-refractivity contribution < 1.29 is 18.3 Å². The third-order valence-corrected chi connectivity index (χ3v) is 4.96. The summed E-state index contributed by atoms with van der Waals surface area (Å²) in [5.74, 6) is -1.70. The van der Waals surface area contributed by atoms with E-state index in [0.717, 1.165) is 12.1 Å². The minimum Gasteiger partial charge on any atom is -0.472 e. The smallest absolute Gasteiger partial charge is 0.276 e. The number of aromatic nitrogens is 2. The van der Waals surface area contributed by atoms with E-state index in [2.05, 4.69) is 20.9 Å². The van der Waals surface area contributed by atoms with E-state index in [0.29, 0.717) is 22.6 Å². The Labute approximate surface area is 173 Å². The van der Waals surface area contributed by atoms with E-state index in [1.54, 1.807) is 26.0 Å². The topological polar surface area (TPSA) is 87.2 Å². The molecule has 2 aromatic carbocycles. The number of benzene rings is 2. The van der Waals surface area contributed by atoms with Gasteiger partial charge >= 0.3 is 0 Å². The van der Waals surface area contributed by atoms with E-state index >= 15 is 0 Å². The first-order valence-electron chi connectivity index (χ1n) is 8.45. The van der Waals surface area contributed by atoms with Gasteiger partial charge in [0.25, 0.3) is 5.56 Å². The third kappa shape index (κ3) is 4.19. The molecule has 2 N–H and O–H groups in total. The van der Waals surface area contributed by atoms with E-state index in [9.17, 15) is 18.4 Å². The summed E-state index contributed by atoms with van der Waals surface area (Å²) in [4.78, 5) is 28.5. The number of primary amides is 1. The van der Waals surface area contributed by atoms with Crippen LogP contribution >= 0.6 is 15.9 Å². The van der Waals surface area contributed by atoms with Gasteiger partial charge in [-0.25, -0.2) is 8.78 Å². The predicted octanol–water partition coefficient (Wildman–Crippen LogP) is 3.57. The second kappa shape index (κ2) is 8.12. The Morgan fingerprint density at radius 3 is 2.55 bits per heavy atom. The molecule has 0 atom stereocenters. The number of halogens is 3. The Bertz CT molecular complexity index is 1180. The molecule has 0 saturated heterocycles. The molecule has 0 aliphatic rings. The minimum atomic E-state index is -0.754. The van der Waals surface area contributed by atoms with Gasteiger partial charge in [-0.15, -0.1) is 0 Å². The van der Waals surface area contributed by atoms with Crippen molar-refractivity contribution in [1.82, 2.24) is 9.55 Å². The molecule has 0 spiro atoms. The molecule has 3 aromatic rings. The zero-order chi connectivity index (χ0) is 21.3. The molecule has 0 unspecified atom stereocenters. The molecule has 150 valence electrons. The highest BCUT2D eigenvalue weighted by molar-refractivity contribution is 9.10. The Morgan fingerprint density at radius 1 is 1.21 bits per heavy atom. The zero-order valence-electron chi connectivity index (χ0n) is 15.5. The van der Waals surface area contributed by atoms with Gasteiger partial charge in [-0.1, -0.05) is 0 Å². The molecule has 0 radical (unpaired) electrons.